The van der Waals surface area contributed by atoms with Crippen LogP contribution in [0.1, 0.15) is 91.0 Å². The van der Waals surface area contributed by atoms with Crippen LogP contribution in [0.4, 0.5) is 10.6 Å². The second kappa shape index (κ2) is 25.2. The minimum atomic E-state index is -1.37. The molecule has 64 heavy (non-hydrogen) atoms. The van der Waals surface area contributed by atoms with Crippen LogP contribution in [0, 0.1) is 17.8 Å². The average molecular weight is 888 g/mol. The number of imidazole rings is 1. The quantitative estimate of drug-likeness (QED) is 0.0237. The number of hydrogen-bond acceptors (Lipinski definition) is 13. The zero-order valence-corrected chi connectivity index (χ0v) is 37.4. The number of urea groups is 1. The number of nitrogens with one attached hydrogen (secondary N) is 6. The molecule has 2 aromatic carbocycles. The fourth-order valence-corrected chi connectivity index (χ4v) is 7.30. The van der Waals surface area contributed by atoms with Crippen molar-refractivity contribution in [3.63, 3.8) is 0 Å². The minimum absolute atomic E-state index is 0.0291. The van der Waals surface area contributed by atoms with Crippen molar-refractivity contribution in [1.82, 2.24) is 41.4 Å². The summed E-state index contributed by atoms with van der Waals surface area (Å²) in [6.07, 6.45) is 3.94. The van der Waals surface area contributed by atoms with E-state index in [2.05, 4.69) is 55.9 Å². The summed E-state index contributed by atoms with van der Waals surface area (Å²) < 4.78 is 2.19. The molecular weight excluding hydrogens is 823 g/mol. The Morgan fingerprint density at radius 3 is 2.20 bits per heavy atom. The normalized spacial score (nSPS) is 13.3. The van der Waals surface area contributed by atoms with E-state index in [1.165, 1.54) is 0 Å². The number of hydrazine groups is 1. The molecule has 5 amide bonds. The molecule has 4 rings (SSSR count). The number of para-hydroxylation sites is 1. The molecule has 4 atom stereocenters. The maximum atomic E-state index is 14.0. The predicted molar refractivity (Wildman–Crippen MR) is 243 cm³/mol. The number of aryl methyl sites for hydroxylation is 1. The highest BCUT2D eigenvalue weighted by molar-refractivity contribution is 6.07. The molecule has 0 bridgehead atoms. The molecule has 19 heteroatoms. The average Bonchev–Trinajstić information content (AvgIpc) is 3.62. The van der Waals surface area contributed by atoms with Crippen LogP contribution in [0.2, 0.25) is 0 Å². The van der Waals surface area contributed by atoms with Gasteiger partial charge in [-0.1, -0.05) is 95.2 Å². The smallest absolute Gasteiger partial charge is 0.349 e. The molecule has 2 aromatic heterocycles. The number of fused-ring (bicyclic) bond motifs is 3. The molecule has 0 fully saturated rings. The lowest BCUT2D eigenvalue weighted by molar-refractivity contribution is -0.155. The summed E-state index contributed by atoms with van der Waals surface area (Å²) in [7, 11) is 0. The Kier molecular flexibility index (Phi) is 19.9. The fraction of sp³-hybridized carbons (Fsp3) is 0.511. The Morgan fingerprint density at radius 2 is 1.55 bits per heavy atom. The van der Waals surface area contributed by atoms with Gasteiger partial charge in [0, 0.05) is 31.3 Å². The molecule has 0 aliphatic rings. The van der Waals surface area contributed by atoms with Gasteiger partial charge < -0.3 is 47.2 Å². The van der Waals surface area contributed by atoms with E-state index < -0.39 is 78.0 Å². The van der Waals surface area contributed by atoms with E-state index in [0.717, 1.165) is 41.6 Å². The first-order valence-corrected chi connectivity index (χ1v) is 22.0. The van der Waals surface area contributed by atoms with Crippen LogP contribution >= 0.6 is 0 Å². The summed E-state index contributed by atoms with van der Waals surface area (Å²) >= 11 is 0. The van der Waals surface area contributed by atoms with Crippen molar-refractivity contribution in [1.29, 1.82) is 0 Å². The molecule has 0 saturated heterocycles. The first kappa shape index (κ1) is 50.5. The van der Waals surface area contributed by atoms with Gasteiger partial charge in [-0.15, -0.1) is 0 Å². The monoisotopic (exact) mass is 888 g/mol. The molecule has 0 spiro atoms. The van der Waals surface area contributed by atoms with E-state index in [4.69, 9.17) is 26.3 Å². The van der Waals surface area contributed by atoms with Gasteiger partial charge in [-0.25, -0.2) is 19.6 Å². The molecule has 0 aliphatic heterocycles. The highest BCUT2D eigenvalue weighted by Crippen LogP contribution is 2.31. The van der Waals surface area contributed by atoms with Crippen molar-refractivity contribution < 1.29 is 38.7 Å². The Bertz CT molecular complexity index is 2200. The lowest BCUT2D eigenvalue weighted by Crippen LogP contribution is -2.57. The lowest BCUT2D eigenvalue weighted by atomic mass is 9.86. The number of carbonyl (C=O) groups excluding carboxylic acids is 6. The molecule has 0 radical (unpaired) electrons. The number of anilines is 1. The highest BCUT2D eigenvalue weighted by Gasteiger charge is 2.38. The van der Waals surface area contributed by atoms with Crippen molar-refractivity contribution in [3.8, 4) is 0 Å². The van der Waals surface area contributed by atoms with Gasteiger partial charge in [0.25, 0.3) is 0 Å². The number of aromatic nitrogens is 3. The van der Waals surface area contributed by atoms with Gasteiger partial charge in [-0.05, 0) is 62.1 Å². The number of unbranched alkanes of at least 4 members (excludes halogenated alkanes) is 2. The molecule has 0 aliphatic carbocycles. The molecule has 19 nitrogen and oxygen atoms in total. The summed E-state index contributed by atoms with van der Waals surface area (Å²) in [5.41, 5.74) is 19.4. The number of amides is 5. The third kappa shape index (κ3) is 14.2. The van der Waals surface area contributed by atoms with Crippen molar-refractivity contribution in [2.75, 3.05) is 25.1 Å². The third-order valence-corrected chi connectivity index (χ3v) is 10.7. The number of rotatable bonds is 27. The molecular formula is C45H65N11O8. The second-order valence-electron chi connectivity index (χ2n) is 16.4. The van der Waals surface area contributed by atoms with Crippen molar-refractivity contribution >= 4 is 63.3 Å². The Hall–Kier alpha value is -6.18. The van der Waals surface area contributed by atoms with Crippen LogP contribution in [0.5, 0.6) is 0 Å². The number of benzene rings is 2. The topological polar surface area (TPSA) is 287 Å². The minimum Gasteiger partial charge on any atom is -0.394 e. The Labute approximate surface area is 373 Å². The van der Waals surface area contributed by atoms with Crippen molar-refractivity contribution in [2.24, 2.45) is 29.2 Å². The highest BCUT2D eigenvalue weighted by atomic mass is 16.7. The molecule has 348 valence electrons. The number of nitrogens with zero attached hydrogens (tertiary/aromatic N) is 3. The predicted octanol–water partition coefficient (Wildman–Crippen LogP) is 2.87. The number of pyridine rings is 1. The zero-order chi connectivity index (χ0) is 46.8. The number of nitrogens with two attached hydrogens (primary N) is 2. The standard InChI is InChI=1S/C45H65N11O8/c1-6-7-21-34-52-38-39(56(34)25-29-16-9-8-10-17-29)30-18-11-12-19-31(30)50-41(38)54-55-64-44(62)37(28(4)5)53-42(60)32(20-15-24-48-45(47)63)51-43(61)36(27(2)3)40(59)33(26-57)49-35(58)22-13-14-23-46/h8-12,16-19,27-28,32-33,36-37,55,57H,6-7,13-15,20-26,46H2,1-5H3,(H,49,58)(H,50,54)(H,51,61)(H,53,60)(H3,47,48,63). The summed E-state index contributed by atoms with van der Waals surface area (Å²) in [5.74, 6) is -4.96. The summed E-state index contributed by atoms with van der Waals surface area (Å²) in [6.45, 7) is 9.05. The van der Waals surface area contributed by atoms with Gasteiger partial charge in [0.05, 0.1) is 17.6 Å². The van der Waals surface area contributed by atoms with Crippen molar-refractivity contribution in [3.05, 3.63) is 66.0 Å². The molecule has 4 unspecified atom stereocenters. The SMILES string of the molecule is CCCCc1nc2c(NNOC(=O)C(NC(=O)C(CCCNC(N)=O)NC(=O)C(C(=O)C(CO)NC(=O)CCCCN)C(C)C)C(C)C)nc3ccccc3c2n1Cc1ccccc1. The van der Waals surface area contributed by atoms with E-state index in [1.54, 1.807) is 27.7 Å². The summed E-state index contributed by atoms with van der Waals surface area (Å²) in [4.78, 5) is 94.3. The maximum Gasteiger partial charge on any atom is 0.349 e. The van der Waals surface area contributed by atoms with Gasteiger partial charge in [0.1, 0.15) is 35.4 Å². The van der Waals surface area contributed by atoms with Gasteiger partial charge in [-0.3, -0.25) is 24.6 Å². The Balaban J connectivity index is 1.53. The van der Waals surface area contributed by atoms with E-state index in [1.807, 2.05) is 42.5 Å². The van der Waals surface area contributed by atoms with Gasteiger partial charge in [-0.2, -0.15) is 0 Å². The Morgan fingerprint density at radius 1 is 0.828 bits per heavy atom. The first-order chi connectivity index (χ1) is 30.7. The third-order valence-electron chi connectivity index (χ3n) is 10.7. The first-order valence-electron chi connectivity index (χ1n) is 22.0. The van der Waals surface area contributed by atoms with E-state index in [9.17, 15) is 33.9 Å². The molecule has 2 heterocycles. The number of primary amides is 1. The fourth-order valence-electron chi connectivity index (χ4n) is 7.30. The lowest BCUT2D eigenvalue weighted by Gasteiger charge is -2.28. The number of aliphatic hydroxyl groups excluding tert-OH is 1. The number of ketones is 1. The number of aliphatic hydroxyl groups is 1. The zero-order valence-electron chi connectivity index (χ0n) is 37.4. The van der Waals surface area contributed by atoms with Gasteiger partial charge in [0.2, 0.25) is 17.7 Å². The number of Topliss-reactive ketones (excluding diaryl/α,β-unsaturated/α-hetero) is 1. The maximum absolute atomic E-state index is 14.0. The summed E-state index contributed by atoms with van der Waals surface area (Å²) in [5, 5.41) is 21.2. The van der Waals surface area contributed by atoms with E-state index in [0.29, 0.717) is 42.8 Å². The van der Waals surface area contributed by atoms with E-state index >= 15 is 0 Å². The number of carbonyl (C=O) groups is 6. The van der Waals surface area contributed by atoms with Gasteiger partial charge >= 0.3 is 12.0 Å². The second-order valence-corrected chi connectivity index (χ2v) is 16.4. The van der Waals surface area contributed by atoms with Crippen LogP contribution in [-0.2, 0) is 41.8 Å². The van der Waals surface area contributed by atoms with Crippen LogP contribution in [0.25, 0.3) is 21.9 Å². The van der Waals surface area contributed by atoms with Crippen LogP contribution in [-0.4, -0.2) is 93.0 Å². The summed E-state index contributed by atoms with van der Waals surface area (Å²) in [6, 6.07) is 13.1. The molecule has 4 aromatic rings. The molecule has 0 saturated carbocycles. The van der Waals surface area contributed by atoms with Crippen LogP contribution in [0.3, 0.4) is 0 Å². The van der Waals surface area contributed by atoms with Crippen LogP contribution < -0.4 is 43.7 Å². The molecule has 11 N–H and O–H groups in total. The van der Waals surface area contributed by atoms with Gasteiger partial charge in [0.15, 0.2) is 11.6 Å². The largest absolute Gasteiger partial charge is 0.394 e. The van der Waals surface area contributed by atoms with Crippen molar-refractivity contribution in [2.45, 2.75) is 111 Å². The van der Waals surface area contributed by atoms with E-state index in [-0.39, 0.29) is 25.8 Å². The number of hydrogen-bond donors (Lipinski definition) is 9. The van der Waals surface area contributed by atoms with Crippen LogP contribution in [0.15, 0.2) is 54.6 Å².